The van der Waals surface area contributed by atoms with Crippen LogP contribution in [-0.4, -0.2) is 36.6 Å². The molecular weight excluding hydrogens is 244 g/mol. The van der Waals surface area contributed by atoms with Crippen molar-refractivity contribution in [3.63, 3.8) is 0 Å². The molecule has 0 aliphatic heterocycles. The van der Waals surface area contributed by atoms with Crippen molar-refractivity contribution in [2.75, 3.05) is 24.5 Å². The predicted molar refractivity (Wildman–Crippen MR) is 74.7 cm³/mol. The highest BCUT2D eigenvalue weighted by Crippen LogP contribution is 2.19. The van der Waals surface area contributed by atoms with Gasteiger partial charge in [-0.2, -0.15) is 0 Å². The topological polar surface area (TPSA) is 69.6 Å². The van der Waals surface area contributed by atoms with Crippen molar-refractivity contribution in [3.05, 3.63) is 29.3 Å². The molecule has 0 atom stereocenters. The Morgan fingerprint density at radius 1 is 1.32 bits per heavy atom. The van der Waals surface area contributed by atoms with Crippen LogP contribution < -0.4 is 10.2 Å². The molecule has 5 nitrogen and oxygen atoms in total. The SMILES string of the molecule is CCNC(=O)CN(CC)c1ccc(C(=O)O)c(C)c1. The fourth-order valence-corrected chi connectivity index (χ4v) is 1.90. The van der Waals surface area contributed by atoms with E-state index in [2.05, 4.69) is 5.32 Å². The van der Waals surface area contributed by atoms with Crippen molar-refractivity contribution in [1.82, 2.24) is 5.32 Å². The second-order valence-corrected chi connectivity index (χ2v) is 4.27. The Morgan fingerprint density at radius 2 is 2.00 bits per heavy atom. The Morgan fingerprint density at radius 3 is 2.47 bits per heavy atom. The molecule has 0 aliphatic carbocycles. The first-order valence-electron chi connectivity index (χ1n) is 6.35. The first kappa shape index (κ1) is 15.0. The summed E-state index contributed by atoms with van der Waals surface area (Å²) in [6.07, 6.45) is 0. The van der Waals surface area contributed by atoms with Gasteiger partial charge in [-0.25, -0.2) is 4.79 Å². The number of carbonyl (C=O) groups excluding carboxylic acids is 1. The number of carboxylic acid groups (broad SMARTS) is 1. The van der Waals surface area contributed by atoms with E-state index >= 15 is 0 Å². The smallest absolute Gasteiger partial charge is 0.335 e. The molecule has 104 valence electrons. The summed E-state index contributed by atoms with van der Waals surface area (Å²) in [6, 6.07) is 5.11. The second kappa shape index (κ2) is 6.78. The number of nitrogens with zero attached hydrogens (tertiary/aromatic N) is 1. The van der Waals surface area contributed by atoms with E-state index in [4.69, 9.17) is 5.11 Å². The zero-order valence-electron chi connectivity index (χ0n) is 11.6. The molecular formula is C14H20N2O3. The van der Waals surface area contributed by atoms with Crippen molar-refractivity contribution in [3.8, 4) is 0 Å². The number of rotatable bonds is 6. The highest BCUT2D eigenvalue weighted by atomic mass is 16.4. The molecule has 19 heavy (non-hydrogen) atoms. The lowest BCUT2D eigenvalue weighted by atomic mass is 10.1. The van der Waals surface area contributed by atoms with Gasteiger partial charge in [-0.1, -0.05) is 0 Å². The van der Waals surface area contributed by atoms with Gasteiger partial charge in [0, 0.05) is 18.8 Å². The minimum Gasteiger partial charge on any atom is -0.478 e. The maximum Gasteiger partial charge on any atom is 0.335 e. The Balaban J connectivity index is 2.90. The molecule has 1 rings (SSSR count). The van der Waals surface area contributed by atoms with E-state index < -0.39 is 5.97 Å². The number of hydrogen-bond donors (Lipinski definition) is 2. The lowest BCUT2D eigenvalue weighted by Crippen LogP contribution is -2.37. The van der Waals surface area contributed by atoms with Crippen molar-refractivity contribution < 1.29 is 14.7 Å². The summed E-state index contributed by atoms with van der Waals surface area (Å²) in [4.78, 5) is 24.5. The Labute approximate surface area is 113 Å². The number of aromatic carboxylic acids is 1. The standard InChI is InChI=1S/C14H20N2O3/c1-4-15-13(17)9-16(5-2)11-6-7-12(14(18)19)10(3)8-11/h6-8H,4-5,9H2,1-3H3,(H,15,17)(H,18,19). The van der Waals surface area contributed by atoms with Gasteiger partial charge in [-0.15, -0.1) is 0 Å². The Kier molecular flexibility index (Phi) is 5.36. The van der Waals surface area contributed by atoms with Gasteiger partial charge in [0.05, 0.1) is 12.1 Å². The molecule has 0 fully saturated rings. The summed E-state index contributed by atoms with van der Waals surface area (Å²) >= 11 is 0. The lowest BCUT2D eigenvalue weighted by molar-refractivity contribution is -0.119. The molecule has 0 saturated carbocycles. The quantitative estimate of drug-likeness (QED) is 0.819. The van der Waals surface area contributed by atoms with E-state index in [-0.39, 0.29) is 18.0 Å². The summed E-state index contributed by atoms with van der Waals surface area (Å²) in [5.41, 5.74) is 1.84. The van der Waals surface area contributed by atoms with Crippen molar-refractivity contribution >= 4 is 17.6 Å². The molecule has 1 aromatic carbocycles. The molecule has 0 bridgehead atoms. The highest BCUT2D eigenvalue weighted by molar-refractivity contribution is 5.90. The maximum absolute atomic E-state index is 11.6. The van der Waals surface area contributed by atoms with Crippen LogP contribution in [0.2, 0.25) is 0 Å². The molecule has 0 heterocycles. The fourth-order valence-electron chi connectivity index (χ4n) is 1.90. The van der Waals surface area contributed by atoms with Gasteiger partial charge < -0.3 is 15.3 Å². The largest absolute Gasteiger partial charge is 0.478 e. The third kappa shape index (κ3) is 3.98. The molecule has 1 amide bonds. The van der Waals surface area contributed by atoms with Crippen LogP contribution in [0, 0.1) is 6.92 Å². The van der Waals surface area contributed by atoms with Crippen LogP contribution in [0.1, 0.15) is 29.8 Å². The van der Waals surface area contributed by atoms with Gasteiger partial charge in [-0.3, -0.25) is 4.79 Å². The summed E-state index contributed by atoms with van der Waals surface area (Å²) < 4.78 is 0. The number of benzene rings is 1. The van der Waals surface area contributed by atoms with Crippen LogP contribution in [-0.2, 0) is 4.79 Å². The molecule has 2 N–H and O–H groups in total. The maximum atomic E-state index is 11.6. The number of hydrogen-bond acceptors (Lipinski definition) is 3. The Hall–Kier alpha value is -2.04. The number of aryl methyl sites for hydroxylation is 1. The average Bonchev–Trinajstić information content (AvgIpc) is 2.35. The van der Waals surface area contributed by atoms with E-state index in [0.717, 1.165) is 5.69 Å². The molecule has 0 spiro atoms. The van der Waals surface area contributed by atoms with Gasteiger partial charge in [-0.05, 0) is 44.5 Å². The van der Waals surface area contributed by atoms with Crippen molar-refractivity contribution in [2.45, 2.75) is 20.8 Å². The zero-order chi connectivity index (χ0) is 14.4. The van der Waals surface area contributed by atoms with E-state index in [1.54, 1.807) is 25.1 Å². The molecule has 0 aliphatic rings. The summed E-state index contributed by atoms with van der Waals surface area (Å²) in [6.45, 7) is 7.15. The summed E-state index contributed by atoms with van der Waals surface area (Å²) in [5, 5.41) is 11.7. The number of carbonyl (C=O) groups is 2. The molecule has 5 heteroatoms. The van der Waals surface area contributed by atoms with E-state index in [9.17, 15) is 9.59 Å². The van der Waals surface area contributed by atoms with E-state index in [0.29, 0.717) is 18.7 Å². The normalized spacial score (nSPS) is 10.1. The molecule has 1 aromatic rings. The van der Waals surface area contributed by atoms with Gasteiger partial charge >= 0.3 is 5.97 Å². The second-order valence-electron chi connectivity index (χ2n) is 4.27. The lowest BCUT2D eigenvalue weighted by Gasteiger charge is -2.23. The third-order valence-electron chi connectivity index (χ3n) is 2.90. The number of nitrogens with one attached hydrogen (secondary N) is 1. The third-order valence-corrected chi connectivity index (χ3v) is 2.90. The minimum atomic E-state index is -0.934. The van der Waals surface area contributed by atoms with Crippen LogP contribution in [0.3, 0.4) is 0 Å². The Bertz CT molecular complexity index is 472. The van der Waals surface area contributed by atoms with Gasteiger partial charge in [0.2, 0.25) is 5.91 Å². The molecule has 0 aromatic heterocycles. The van der Waals surface area contributed by atoms with Gasteiger partial charge in [0.15, 0.2) is 0 Å². The van der Waals surface area contributed by atoms with Crippen molar-refractivity contribution in [1.29, 1.82) is 0 Å². The minimum absolute atomic E-state index is 0.0377. The fraction of sp³-hybridized carbons (Fsp3) is 0.429. The van der Waals surface area contributed by atoms with Gasteiger partial charge in [0.25, 0.3) is 0 Å². The summed E-state index contributed by atoms with van der Waals surface area (Å²) in [7, 11) is 0. The predicted octanol–water partition coefficient (Wildman–Crippen LogP) is 1.66. The molecule has 0 saturated heterocycles. The first-order chi connectivity index (χ1) is 8.99. The van der Waals surface area contributed by atoms with Crippen molar-refractivity contribution in [2.24, 2.45) is 0 Å². The van der Waals surface area contributed by atoms with Crippen LogP contribution in [0.4, 0.5) is 5.69 Å². The number of amides is 1. The highest BCUT2D eigenvalue weighted by Gasteiger charge is 2.12. The number of carboxylic acids is 1. The van der Waals surface area contributed by atoms with E-state index in [1.165, 1.54) is 0 Å². The number of anilines is 1. The number of likely N-dealkylation sites (N-methyl/N-ethyl adjacent to an activating group) is 2. The zero-order valence-corrected chi connectivity index (χ0v) is 11.6. The van der Waals surface area contributed by atoms with Crippen LogP contribution in [0.5, 0.6) is 0 Å². The van der Waals surface area contributed by atoms with E-state index in [1.807, 2.05) is 18.7 Å². The van der Waals surface area contributed by atoms with Crippen LogP contribution in [0.15, 0.2) is 18.2 Å². The molecule has 0 radical (unpaired) electrons. The van der Waals surface area contributed by atoms with Crippen LogP contribution >= 0.6 is 0 Å². The van der Waals surface area contributed by atoms with Crippen LogP contribution in [0.25, 0.3) is 0 Å². The monoisotopic (exact) mass is 264 g/mol. The molecule has 0 unspecified atom stereocenters. The first-order valence-corrected chi connectivity index (χ1v) is 6.35. The summed E-state index contributed by atoms with van der Waals surface area (Å²) in [5.74, 6) is -0.972. The average molecular weight is 264 g/mol. The van der Waals surface area contributed by atoms with Gasteiger partial charge in [0.1, 0.15) is 0 Å².